The first-order valence-corrected chi connectivity index (χ1v) is 21.1. The molecule has 0 atom stereocenters. The number of aromatic nitrogens is 2. The molecule has 59 heavy (non-hydrogen) atoms. The molecule has 12 heteroatoms. The normalized spacial score (nSPS) is 11.4. The Kier molecular flexibility index (Phi) is 14.4. The van der Waals surface area contributed by atoms with E-state index in [1.54, 1.807) is 0 Å². The molecular formula is C47H35AgF6N2OP2+2. The molecule has 0 unspecified atom stereocenters. The molecular weight excluding hydrogens is 892 g/mol. The van der Waals surface area contributed by atoms with Crippen LogP contribution in [-0.4, -0.2) is 4.98 Å². The smallest absolute Gasteiger partial charge is 0.652 e. The number of hydrogen-bond acceptors (Lipinski definition) is 2. The topological polar surface area (TPSA) is 36.2 Å². The maximum absolute atomic E-state index is 12.7. The summed E-state index contributed by atoms with van der Waals surface area (Å²) >= 11 is 0. The van der Waals surface area contributed by atoms with Gasteiger partial charge in [0.2, 0.25) is 0 Å². The van der Waals surface area contributed by atoms with Gasteiger partial charge < -0.3 is 9.72 Å². The van der Waals surface area contributed by atoms with Crippen LogP contribution < -0.4 is 41.5 Å². The van der Waals surface area contributed by atoms with Crippen LogP contribution in [0.4, 0.5) is 26.3 Å². The second kappa shape index (κ2) is 19.7. The van der Waals surface area contributed by atoms with Gasteiger partial charge in [-0.1, -0.05) is 121 Å². The molecule has 0 aliphatic heterocycles. The third-order valence-electron chi connectivity index (χ3n) is 9.05. The van der Waals surface area contributed by atoms with Gasteiger partial charge in [-0.3, -0.25) is 4.98 Å². The van der Waals surface area contributed by atoms with E-state index in [-0.39, 0.29) is 34.1 Å². The zero-order chi connectivity index (χ0) is 40.5. The molecule has 2 aromatic heterocycles. The number of pyridine rings is 1. The standard InChI is InChI=1S/C36H28OP2.C11H5F6N2.Ag/c1-5-17-29(18-6-1)38(30-19-7-2-8-20-30)35-27-15-13-25-33(35)37-34-26-14-16-28-36(34)39(31-21-9-3-10-22-31)32-23-11-4-12-24-32;12-10(13,14)6-5-8(11(15,16)17)19-9(6)7-3-1-2-4-18-7;/h1-28H;1-5H;/q;-1;+1/p+2. The van der Waals surface area contributed by atoms with E-state index in [0.29, 0.717) is 0 Å². The molecule has 0 aliphatic carbocycles. The van der Waals surface area contributed by atoms with Crippen molar-refractivity contribution in [1.29, 1.82) is 0 Å². The van der Waals surface area contributed by atoms with Gasteiger partial charge in [0, 0.05) is 17.5 Å². The molecule has 0 saturated heterocycles. The molecule has 0 bridgehead atoms. The summed E-state index contributed by atoms with van der Waals surface area (Å²) in [7, 11) is -2.56. The minimum atomic E-state index is -4.94. The Morgan fingerprint density at radius 1 is 0.441 bits per heavy atom. The van der Waals surface area contributed by atoms with Crippen molar-refractivity contribution in [2.45, 2.75) is 12.4 Å². The Morgan fingerprint density at radius 2 is 0.814 bits per heavy atom. The summed E-state index contributed by atoms with van der Waals surface area (Å²) in [5.41, 5.74) is -4.11. The number of nitrogens with zero attached hydrogens (tertiary/aromatic N) is 2. The quantitative estimate of drug-likeness (QED) is 0.0822. The third-order valence-corrected chi connectivity index (χ3v) is 14.6. The van der Waals surface area contributed by atoms with Gasteiger partial charge in [-0.05, 0) is 84.9 Å². The first-order valence-electron chi connectivity index (χ1n) is 18.1. The maximum atomic E-state index is 12.7. The Morgan fingerprint density at radius 3 is 1.17 bits per heavy atom. The Bertz CT molecular complexity index is 2320. The summed E-state index contributed by atoms with van der Waals surface area (Å²) in [5, 5.41) is 7.88. The second-order valence-electron chi connectivity index (χ2n) is 12.9. The van der Waals surface area contributed by atoms with Crippen molar-refractivity contribution in [3.8, 4) is 22.9 Å². The van der Waals surface area contributed by atoms with E-state index >= 15 is 0 Å². The molecule has 0 aliphatic rings. The average Bonchev–Trinajstić information content (AvgIpc) is 3.73. The van der Waals surface area contributed by atoms with Gasteiger partial charge in [0.1, 0.15) is 47.7 Å². The molecule has 0 spiro atoms. The van der Waals surface area contributed by atoms with Crippen LogP contribution in [0, 0.1) is 0 Å². The number of hydrogen-bond donors (Lipinski definition) is 0. The largest absolute Gasteiger partial charge is 1.00 e. The number of benzene rings is 6. The van der Waals surface area contributed by atoms with Crippen LogP contribution >= 0.6 is 15.8 Å². The molecule has 6 aromatic carbocycles. The number of alkyl halides is 6. The van der Waals surface area contributed by atoms with Crippen molar-refractivity contribution in [3.63, 3.8) is 0 Å². The van der Waals surface area contributed by atoms with Crippen molar-refractivity contribution in [2.24, 2.45) is 0 Å². The van der Waals surface area contributed by atoms with E-state index in [2.05, 4.69) is 180 Å². The van der Waals surface area contributed by atoms with E-state index in [4.69, 9.17) is 4.74 Å². The zero-order valence-electron chi connectivity index (χ0n) is 30.9. The fourth-order valence-electron chi connectivity index (χ4n) is 6.49. The molecule has 0 fully saturated rings. The van der Waals surface area contributed by atoms with Crippen molar-refractivity contribution < 1.29 is 53.5 Å². The molecule has 0 amide bonds. The van der Waals surface area contributed by atoms with E-state index in [0.717, 1.165) is 17.6 Å². The van der Waals surface area contributed by atoms with Crippen LogP contribution in [0.15, 0.2) is 200 Å². The van der Waals surface area contributed by atoms with Crippen molar-refractivity contribution >= 4 is 47.7 Å². The van der Waals surface area contributed by atoms with Crippen LogP contribution in [0.5, 0.6) is 11.5 Å². The fraction of sp³-hybridized carbons (Fsp3) is 0.0426. The third kappa shape index (κ3) is 10.7. The van der Waals surface area contributed by atoms with E-state index in [1.165, 1.54) is 50.2 Å². The zero-order valence-corrected chi connectivity index (χ0v) is 34.4. The number of ether oxygens (including phenoxy) is 1. The van der Waals surface area contributed by atoms with Crippen molar-refractivity contribution in [1.82, 2.24) is 9.97 Å². The van der Waals surface area contributed by atoms with Crippen LogP contribution in [0.2, 0.25) is 0 Å². The second-order valence-corrected chi connectivity index (χ2v) is 17.8. The summed E-state index contributed by atoms with van der Waals surface area (Å²) in [6.45, 7) is 0. The SMILES string of the molecule is FC(F)(F)c1cc(C(F)(F)F)c(-c2ccccn2)[n-]1.[Ag+].c1ccc([PH+](c2ccccc2)c2ccccc2Oc2ccccc2[PH+](c2ccccc2)c2ccccc2)cc1. The predicted molar refractivity (Wildman–Crippen MR) is 226 cm³/mol. The van der Waals surface area contributed by atoms with Gasteiger partial charge in [-0.2, -0.15) is 26.3 Å². The van der Waals surface area contributed by atoms with Gasteiger partial charge in [0.25, 0.3) is 0 Å². The summed E-state index contributed by atoms with van der Waals surface area (Å²) in [4.78, 5) is 6.60. The first kappa shape index (κ1) is 43.3. The predicted octanol–water partition coefficient (Wildman–Crippen LogP) is 10.2. The molecule has 8 rings (SSSR count). The molecule has 0 saturated carbocycles. The van der Waals surface area contributed by atoms with Gasteiger partial charge >= 0.3 is 34.7 Å². The minimum absolute atomic E-state index is 0. The monoisotopic (exact) mass is 926 g/mol. The Balaban J connectivity index is 0.000000247. The van der Waals surface area contributed by atoms with Crippen LogP contribution in [0.3, 0.4) is 0 Å². The summed E-state index contributed by atoms with van der Waals surface area (Å²) in [5.74, 6) is 1.85. The van der Waals surface area contributed by atoms with Crippen molar-refractivity contribution in [2.75, 3.05) is 0 Å². The number of halogens is 6. The average molecular weight is 928 g/mol. The van der Waals surface area contributed by atoms with Gasteiger partial charge in [0.15, 0.2) is 11.5 Å². The number of rotatable bonds is 9. The van der Waals surface area contributed by atoms with Crippen LogP contribution in [0.25, 0.3) is 11.4 Å². The van der Waals surface area contributed by atoms with E-state index in [9.17, 15) is 26.3 Å². The molecule has 8 aromatic rings. The van der Waals surface area contributed by atoms with Gasteiger partial charge in [-0.15, -0.1) is 0 Å². The van der Waals surface area contributed by atoms with E-state index < -0.39 is 45.1 Å². The first-order chi connectivity index (χ1) is 28.1. The van der Waals surface area contributed by atoms with Crippen LogP contribution in [0.1, 0.15) is 11.3 Å². The van der Waals surface area contributed by atoms with E-state index in [1.807, 2.05) is 0 Å². The molecule has 0 N–H and O–H groups in total. The summed E-state index contributed by atoms with van der Waals surface area (Å²) < 4.78 is 82.3. The Labute approximate surface area is 356 Å². The summed E-state index contributed by atoms with van der Waals surface area (Å²) in [6.07, 6.45) is -8.69. The van der Waals surface area contributed by atoms with Gasteiger partial charge in [-0.25, -0.2) is 0 Å². The molecule has 2 heterocycles. The minimum Gasteiger partial charge on any atom is -0.652 e. The maximum Gasteiger partial charge on any atom is 1.00 e. The Hall–Kier alpha value is -5.27. The number of para-hydroxylation sites is 2. The summed E-state index contributed by atoms with van der Waals surface area (Å²) in [6, 6.07) is 64.5. The van der Waals surface area contributed by atoms with Crippen molar-refractivity contribution in [3.05, 3.63) is 212 Å². The fourth-order valence-corrected chi connectivity index (χ4v) is 11.8. The molecule has 3 nitrogen and oxygen atoms in total. The van der Waals surface area contributed by atoms with Gasteiger partial charge in [0.05, 0.1) is 0 Å². The van der Waals surface area contributed by atoms with Crippen LogP contribution in [-0.2, 0) is 34.7 Å². The molecule has 0 radical (unpaired) electrons. The molecule has 300 valence electrons.